The van der Waals surface area contributed by atoms with E-state index in [1.807, 2.05) is 12.1 Å². The van der Waals surface area contributed by atoms with Crippen LogP contribution in [0.3, 0.4) is 0 Å². The predicted octanol–water partition coefficient (Wildman–Crippen LogP) is 2.14. The minimum absolute atomic E-state index is 0.120. The summed E-state index contributed by atoms with van der Waals surface area (Å²) in [5, 5.41) is 20.7. The summed E-state index contributed by atoms with van der Waals surface area (Å²) in [4.78, 5) is 24.6. The van der Waals surface area contributed by atoms with Crippen LogP contribution in [0, 0.1) is 5.41 Å². The summed E-state index contributed by atoms with van der Waals surface area (Å²) in [6.07, 6.45) is 5.65. The van der Waals surface area contributed by atoms with Crippen LogP contribution in [0.1, 0.15) is 12.8 Å². The number of rotatable bonds is 4. The fraction of sp³-hybridized carbons (Fsp3) is 0.263. The van der Waals surface area contributed by atoms with E-state index in [0.717, 1.165) is 24.6 Å². The van der Waals surface area contributed by atoms with Crippen molar-refractivity contribution < 1.29 is 9.90 Å². The van der Waals surface area contributed by atoms with Gasteiger partial charge in [-0.2, -0.15) is 4.98 Å². The molecule has 0 unspecified atom stereocenters. The van der Waals surface area contributed by atoms with Gasteiger partial charge < -0.3 is 20.7 Å². The van der Waals surface area contributed by atoms with E-state index >= 15 is 0 Å². The van der Waals surface area contributed by atoms with Crippen LogP contribution in [-0.4, -0.2) is 46.3 Å². The van der Waals surface area contributed by atoms with Gasteiger partial charge in [-0.3, -0.25) is 9.69 Å². The quantitative estimate of drug-likeness (QED) is 0.718. The highest BCUT2D eigenvalue weighted by Crippen LogP contribution is 2.23. The molecule has 8 nitrogen and oxygen atoms in total. The van der Waals surface area contributed by atoms with Crippen LogP contribution in [0.15, 0.2) is 48.3 Å². The maximum absolute atomic E-state index is 12.6. The minimum atomic E-state index is -0.327. The maximum atomic E-state index is 12.6. The van der Waals surface area contributed by atoms with Crippen molar-refractivity contribution >= 4 is 28.9 Å². The summed E-state index contributed by atoms with van der Waals surface area (Å²) in [6.45, 7) is 2.19. The van der Waals surface area contributed by atoms with Crippen molar-refractivity contribution in [2.75, 3.05) is 34.8 Å². The molecule has 0 bridgehead atoms. The molecule has 0 saturated carbocycles. The standard InChI is InChI=1S/C19H20N6O2/c20-15-12-25(17-4-3-5-18(26)23-17)19(27)14(15)11-21-13-6-7-16(22-10-13)24-8-1-2-9-24/h3-7,10-11,20-21H,1-2,8-9,12H2,(H,23,26)/b14-11+,20-15?. The Balaban J connectivity index is 1.47. The topological polar surface area (TPSA) is 105 Å². The Kier molecular flexibility index (Phi) is 4.45. The van der Waals surface area contributed by atoms with Gasteiger partial charge in [-0.1, -0.05) is 6.07 Å². The minimum Gasteiger partial charge on any atom is -0.493 e. The molecule has 0 spiro atoms. The van der Waals surface area contributed by atoms with E-state index in [0.29, 0.717) is 5.82 Å². The van der Waals surface area contributed by atoms with Crippen LogP contribution >= 0.6 is 0 Å². The lowest BCUT2D eigenvalue weighted by molar-refractivity contribution is -0.114. The first-order valence-corrected chi connectivity index (χ1v) is 8.85. The molecule has 2 saturated heterocycles. The van der Waals surface area contributed by atoms with Gasteiger partial charge in [0.25, 0.3) is 5.91 Å². The third kappa shape index (κ3) is 3.46. The normalized spacial score (nSPS) is 18.6. The smallest absolute Gasteiger partial charge is 0.263 e. The van der Waals surface area contributed by atoms with E-state index in [1.165, 1.54) is 30.0 Å². The number of hydrogen-bond donors (Lipinski definition) is 3. The Morgan fingerprint density at radius 1 is 1.15 bits per heavy atom. The number of anilines is 3. The fourth-order valence-electron chi connectivity index (χ4n) is 3.25. The van der Waals surface area contributed by atoms with Gasteiger partial charge in [0.05, 0.1) is 29.7 Å². The van der Waals surface area contributed by atoms with Crippen molar-refractivity contribution in [1.82, 2.24) is 9.97 Å². The van der Waals surface area contributed by atoms with Crippen molar-refractivity contribution in [3.8, 4) is 5.88 Å². The number of pyridine rings is 2. The molecule has 8 heteroatoms. The van der Waals surface area contributed by atoms with Gasteiger partial charge in [0.15, 0.2) is 0 Å². The SMILES string of the molecule is N=C1CN(c2cccc(O)n2)C(=O)/C1=C/Nc1ccc(N2CCCC2)nc1. The molecular formula is C19H20N6O2. The third-order valence-electron chi connectivity index (χ3n) is 4.67. The largest absolute Gasteiger partial charge is 0.493 e. The molecule has 138 valence electrons. The lowest BCUT2D eigenvalue weighted by Gasteiger charge is -2.16. The molecule has 0 aliphatic carbocycles. The van der Waals surface area contributed by atoms with Gasteiger partial charge in [0, 0.05) is 25.4 Å². The lowest BCUT2D eigenvalue weighted by atomic mass is 10.2. The first-order valence-electron chi connectivity index (χ1n) is 8.85. The van der Waals surface area contributed by atoms with Gasteiger partial charge in [-0.15, -0.1) is 0 Å². The molecule has 2 aromatic rings. The zero-order valence-electron chi connectivity index (χ0n) is 14.7. The van der Waals surface area contributed by atoms with Crippen molar-refractivity contribution in [2.24, 2.45) is 0 Å². The molecule has 27 heavy (non-hydrogen) atoms. The molecule has 3 N–H and O–H groups in total. The molecule has 0 atom stereocenters. The van der Waals surface area contributed by atoms with Gasteiger partial charge in [-0.25, -0.2) is 4.98 Å². The zero-order chi connectivity index (χ0) is 18.8. The molecule has 2 aliphatic heterocycles. The molecule has 2 fully saturated rings. The summed E-state index contributed by atoms with van der Waals surface area (Å²) in [7, 11) is 0. The average molecular weight is 364 g/mol. The van der Waals surface area contributed by atoms with E-state index in [1.54, 1.807) is 18.3 Å². The summed E-state index contributed by atoms with van der Waals surface area (Å²) < 4.78 is 0. The summed E-state index contributed by atoms with van der Waals surface area (Å²) in [6, 6.07) is 8.54. The molecule has 4 heterocycles. The molecular weight excluding hydrogens is 344 g/mol. The molecule has 2 aromatic heterocycles. The third-order valence-corrected chi connectivity index (χ3v) is 4.67. The summed E-state index contributed by atoms with van der Waals surface area (Å²) in [5.41, 5.74) is 1.21. The van der Waals surface area contributed by atoms with Gasteiger partial charge in [-0.05, 0) is 31.0 Å². The number of aromatic hydroxyl groups is 1. The van der Waals surface area contributed by atoms with Crippen LogP contribution in [0.25, 0.3) is 0 Å². The summed E-state index contributed by atoms with van der Waals surface area (Å²) >= 11 is 0. The van der Waals surface area contributed by atoms with Crippen LogP contribution in [0.2, 0.25) is 0 Å². The van der Waals surface area contributed by atoms with Crippen molar-refractivity contribution in [1.29, 1.82) is 5.41 Å². The van der Waals surface area contributed by atoms with Crippen molar-refractivity contribution in [3.63, 3.8) is 0 Å². The maximum Gasteiger partial charge on any atom is 0.263 e. The van der Waals surface area contributed by atoms with Crippen LogP contribution in [-0.2, 0) is 4.79 Å². The zero-order valence-corrected chi connectivity index (χ0v) is 14.7. The first kappa shape index (κ1) is 17.0. The van der Waals surface area contributed by atoms with Gasteiger partial charge in [0.1, 0.15) is 11.6 Å². The highest BCUT2D eigenvalue weighted by atomic mass is 16.3. The van der Waals surface area contributed by atoms with Crippen LogP contribution < -0.4 is 15.1 Å². The molecule has 0 aromatic carbocycles. The number of hydrogen-bond acceptors (Lipinski definition) is 7. The number of nitrogens with one attached hydrogen (secondary N) is 2. The second-order valence-corrected chi connectivity index (χ2v) is 6.53. The second kappa shape index (κ2) is 7.06. The van der Waals surface area contributed by atoms with Gasteiger partial charge >= 0.3 is 0 Å². The lowest BCUT2D eigenvalue weighted by Crippen LogP contribution is -2.25. The summed E-state index contributed by atoms with van der Waals surface area (Å²) in [5.74, 6) is 0.792. The van der Waals surface area contributed by atoms with E-state index in [-0.39, 0.29) is 29.6 Å². The second-order valence-electron chi connectivity index (χ2n) is 6.53. The van der Waals surface area contributed by atoms with Gasteiger partial charge in [0.2, 0.25) is 5.88 Å². The molecule has 4 rings (SSSR count). The Bertz CT molecular complexity index is 903. The average Bonchev–Trinajstić information content (AvgIpc) is 3.30. The van der Waals surface area contributed by atoms with E-state index < -0.39 is 0 Å². The highest BCUT2D eigenvalue weighted by molar-refractivity contribution is 6.32. The van der Waals surface area contributed by atoms with Crippen molar-refractivity contribution in [3.05, 3.63) is 48.3 Å². The number of nitrogens with zero attached hydrogens (tertiary/aromatic N) is 4. The Hall–Kier alpha value is -3.42. The Morgan fingerprint density at radius 3 is 2.67 bits per heavy atom. The van der Waals surface area contributed by atoms with Crippen molar-refractivity contribution in [2.45, 2.75) is 12.8 Å². The first-order chi connectivity index (χ1) is 13.1. The number of carbonyl (C=O) groups excluding carboxylic acids is 1. The molecule has 1 amide bonds. The number of aromatic nitrogens is 2. The number of amides is 1. The highest BCUT2D eigenvalue weighted by Gasteiger charge is 2.32. The fourth-order valence-corrected chi connectivity index (χ4v) is 3.25. The predicted molar refractivity (Wildman–Crippen MR) is 103 cm³/mol. The Labute approximate surface area is 156 Å². The molecule has 2 aliphatic rings. The van der Waals surface area contributed by atoms with Crippen LogP contribution in [0.5, 0.6) is 5.88 Å². The van der Waals surface area contributed by atoms with E-state index in [2.05, 4.69) is 20.2 Å². The Morgan fingerprint density at radius 2 is 1.96 bits per heavy atom. The molecule has 0 radical (unpaired) electrons. The number of carbonyl (C=O) groups is 1. The monoisotopic (exact) mass is 364 g/mol. The van der Waals surface area contributed by atoms with E-state index in [9.17, 15) is 9.90 Å². The van der Waals surface area contributed by atoms with E-state index in [4.69, 9.17) is 5.41 Å². The van der Waals surface area contributed by atoms with Crippen LogP contribution in [0.4, 0.5) is 17.3 Å².